The van der Waals surface area contributed by atoms with Crippen LogP contribution < -0.4 is 0 Å². The largest absolute Gasteiger partial charge is 0.355 e. The van der Waals surface area contributed by atoms with E-state index in [2.05, 4.69) is 24.8 Å². The summed E-state index contributed by atoms with van der Waals surface area (Å²) in [4.78, 5) is 20.7. The number of carbonyl (C=O) groups is 1. The number of aryl methyl sites for hydroxylation is 3. The fourth-order valence-electron chi connectivity index (χ4n) is 4.08. The molecule has 0 aliphatic carbocycles. The van der Waals surface area contributed by atoms with Crippen LogP contribution in [0.3, 0.4) is 0 Å². The highest BCUT2D eigenvalue weighted by atomic mass is 32.1. The molecule has 1 aliphatic rings. The summed E-state index contributed by atoms with van der Waals surface area (Å²) in [6.45, 7) is 7.04. The normalized spacial score (nSPS) is 17.0. The second-order valence-corrected chi connectivity index (χ2v) is 8.50. The molecule has 0 bridgehead atoms. The van der Waals surface area contributed by atoms with E-state index in [0.29, 0.717) is 30.1 Å². The summed E-state index contributed by atoms with van der Waals surface area (Å²) >= 11 is 1.30. The Kier molecular flexibility index (Phi) is 4.58. The summed E-state index contributed by atoms with van der Waals surface area (Å²) in [5.74, 6) is 0.728. The number of carbonyl (C=O) groups excluding carboxylic acids is 1. The molecule has 5 rings (SSSR count). The van der Waals surface area contributed by atoms with E-state index in [0.717, 1.165) is 40.5 Å². The van der Waals surface area contributed by atoms with Gasteiger partial charge in [0.1, 0.15) is 10.4 Å². The van der Waals surface area contributed by atoms with E-state index >= 15 is 0 Å². The molecule has 0 saturated carbocycles. The standard InChI is InChI=1S/C20H21N7O2S/c1-11-7-13(3)27-19(22-11)15(9-21-27)20(28)26-6-4-5-14(10-26)17-18(30-25-23-17)16-8-12(2)24-29-16/h7-9,14H,4-6,10H2,1-3H3. The maximum Gasteiger partial charge on any atom is 0.259 e. The van der Waals surface area contributed by atoms with E-state index < -0.39 is 0 Å². The molecular weight excluding hydrogens is 402 g/mol. The molecule has 4 aromatic rings. The Labute approximate surface area is 176 Å². The first-order valence-electron chi connectivity index (χ1n) is 9.88. The highest BCUT2D eigenvalue weighted by Crippen LogP contribution is 2.36. The molecule has 0 radical (unpaired) electrons. The molecule has 1 fully saturated rings. The van der Waals surface area contributed by atoms with Crippen LogP contribution in [0.15, 0.2) is 22.9 Å². The minimum absolute atomic E-state index is 0.0487. The van der Waals surface area contributed by atoms with Crippen LogP contribution in [0, 0.1) is 20.8 Å². The Morgan fingerprint density at radius 3 is 2.90 bits per heavy atom. The summed E-state index contributed by atoms with van der Waals surface area (Å²) in [5, 5.41) is 12.7. The number of nitrogens with zero attached hydrogens (tertiary/aromatic N) is 7. The molecule has 154 valence electrons. The molecule has 5 heterocycles. The van der Waals surface area contributed by atoms with Crippen LogP contribution in [0.2, 0.25) is 0 Å². The van der Waals surface area contributed by atoms with E-state index in [1.54, 1.807) is 10.7 Å². The highest BCUT2D eigenvalue weighted by molar-refractivity contribution is 7.09. The van der Waals surface area contributed by atoms with Crippen LogP contribution in [-0.4, -0.2) is 53.2 Å². The van der Waals surface area contributed by atoms with Crippen LogP contribution in [0.25, 0.3) is 16.3 Å². The molecule has 10 heteroatoms. The van der Waals surface area contributed by atoms with Gasteiger partial charge in [-0.3, -0.25) is 4.79 Å². The maximum atomic E-state index is 13.3. The fourth-order valence-corrected chi connectivity index (χ4v) is 4.78. The molecule has 1 amide bonds. The first kappa shape index (κ1) is 18.9. The minimum atomic E-state index is -0.0487. The Balaban J connectivity index is 1.43. The van der Waals surface area contributed by atoms with E-state index in [9.17, 15) is 4.79 Å². The van der Waals surface area contributed by atoms with Crippen LogP contribution in [0.1, 0.15) is 51.9 Å². The zero-order chi connectivity index (χ0) is 20.8. The summed E-state index contributed by atoms with van der Waals surface area (Å²) in [5.41, 5.74) is 4.65. The van der Waals surface area contributed by atoms with Crippen LogP contribution in [-0.2, 0) is 0 Å². The molecular formula is C20H21N7O2S. The van der Waals surface area contributed by atoms with Gasteiger partial charge >= 0.3 is 0 Å². The number of likely N-dealkylation sites (tertiary alicyclic amines) is 1. The summed E-state index contributed by atoms with van der Waals surface area (Å²) in [7, 11) is 0. The summed E-state index contributed by atoms with van der Waals surface area (Å²) < 4.78 is 11.3. The molecule has 1 unspecified atom stereocenters. The Morgan fingerprint density at radius 2 is 2.10 bits per heavy atom. The van der Waals surface area contributed by atoms with Crippen molar-refractivity contribution >= 4 is 23.1 Å². The lowest BCUT2D eigenvalue weighted by molar-refractivity contribution is 0.0707. The molecule has 1 saturated heterocycles. The molecule has 9 nitrogen and oxygen atoms in total. The average Bonchev–Trinajstić information content (AvgIpc) is 3.46. The van der Waals surface area contributed by atoms with E-state index in [1.165, 1.54) is 11.5 Å². The number of hydrogen-bond donors (Lipinski definition) is 0. The smallest absolute Gasteiger partial charge is 0.259 e. The molecule has 0 N–H and O–H groups in total. The van der Waals surface area contributed by atoms with Crippen molar-refractivity contribution in [2.24, 2.45) is 0 Å². The van der Waals surface area contributed by atoms with Crippen molar-refractivity contribution in [3.05, 3.63) is 46.7 Å². The van der Waals surface area contributed by atoms with Gasteiger partial charge in [-0.25, -0.2) is 9.50 Å². The number of amides is 1. The third-order valence-electron chi connectivity index (χ3n) is 5.47. The molecule has 0 spiro atoms. The van der Waals surface area contributed by atoms with Crippen LogP contribution in [0.4, 0.5) is 0 Å². The maximum absolute atomic E-state index is 13.3. The zero-order valence-corrected chi connectivity index (χ0v) is 17.8. The van der Waals surface area contributed by atoms with Gasteiger partial charge in [-0.1, -0.05) is 9.64 Å². The van der Waals surface area contributed by atoms with Gasteiger partial charge in [0.25, 0.3) is 5.91 Å². The molecule has 1 atom stereocenters. The van der Waals surface area contributed by atoms with Gasteiger partial charge in [0.05, 0.1) is 17.6 Å². The van der Waals surface area contributed by atoms with Crippen molar-refractivity contribution in [3.8, 4) is 10.6 Å². The highest BCUT2D eigenvalue weighted by Gasteiger charge is 2.31. The van der Waals surface area contributed by atoms with Gasteiger partial charge < -0.3 is 9.42 Å². The lowest BCUT2D eigenvalue weighted by Crippen LogP contribution is -2.39. The Bertz CT molecular complexity index is 1240. The third kappa shape index (κ3) is 3.17. The van der Waals surface area contributed by atoms with Crippen molar-refractivity contribution < 1.29 is 9.32 Å². The van der Waals surface area contributed by atoms with Gasteiger partial charge in [0.15, 0.2) is 11.4 Å². The number of rotatable bonds is 3. The number of aromatic nitrogens is 6. The molecule has 0 aromatic carbocycles. The third-order valence-corrected chi connectivity index (χ3v) is 6.22. The summed E-state index contributed by atoms with van der Waals surface area (Å²) in [6.07, 6.45) is 3.46. The monoisotopic (exact) mass is 423 g/mol. The second kappa shape index (κ2) is 7.28. The van der Waals surface area contributed by atoms with E-state index in [4.69, 9.17) is 4.52 Å². The van der Waals surface area contributed by atoms with Gasteiger partial charge in [-0.2, -0.15) is 5.10 Å². The van der Waals surface area contributed by atoms with Gasteiger partial charge in [0.2, 0.25) is 0 Å². The molecule has 1 aliphatic heterocycles. The van der Waals surface area contributed by atoms with Crippen molar-refractivity contribution in [2.75, 3.05) is 13.1 Å². The lowest BCUT2D eigenvalue weighted by atomic mass is 9.93. The Morgan fingerprint density at radius 1 is 1.23 bits per heavy atom. The zero-order valence-electron chi connectivity index (χ0n) is 17.0. The first-order chi connectivity index (χ1) is 14.5. The predicted molar refractivity (Wildman–Crippen MR) is 110 cm³/mol. The van der Waals surface area contributed by atoms with Crippen LogP contribution >= 0.6 is 11.5 Å². The van der Waals surface area contributed by atoms with Gasteiger partial charge in [-0.05, 0) is 51.2 Å². The molecule has 30 heavy (non-hydrogen) atoms. The van der Waals surface area contributed by atoms with Crippen molar-refractivity contribution in [3.63, 3.8) is 0 Å². The van der Waals surface area contributed by atoms with Crippen molar-refractivity contribution in [1.29, 1.82) is 0 Å². The fraction of sp³-hybridized carbons (Fsp3) is 0.400. The SMILES string of the molecule is Cc1cc(-c2snnc2C2CCCN(C(=O)c3cnn4c(C)cc(C)nc34)C2)on1. The number of fused-ring (bicyclic) bond motifs is 1. The van der Waals surface area contributed by atoms with Crippen LogP contribution in [0.5, 0.6) is 0 Å². The van der Waals surface area contributed by atoms with Crippen molar-refractivity contribution in [2.45, 2.75) is 39.5 Å². The van der Waals surface area contributed by atoms with Crippen molar-refractivity contribution in [1.82, 2.24) is 34.2 Å². The predicted octanol–water partition coefficient (Wildman–Crippen LogP) is 3.18. The number of piperidine rings is 1. The van der Waals surface area contributed by atoms with Gasteiger partial charge in [0, 0.05) is 36.5 Å². The first-order valence-corrected chi connectivity index (χ1v) is 10.7. The average molecular weight is 424 g/mol. The molecule has 4 aromatic heterocycles. The Hall–Kier alpha value is -3.14. The van der Waals surface area contributed by atoms with E-state index in [1.807, 2.05) is 37.8 Å². The lowest BCUT2D eigenvalue weighted by Gasteiger charge is -2.32. The quantitative estimate of drug-likeness (QED) is 0.499. The summed E-state index contributed by atoms with van der Waals surface area (Å²) in [6, 6.07) is 3.84. The number of hydrogen-bond acceptors (Lipinski definition) is 8. The van der Waals surface area contributed by atoms with E-state index in [-0.39, 0.29) is 11.8 Å². The van der Waals surface area contributed by atoms with Gasteiger partial charge in [-0.15, -0.1) is 5.10 Å². The topological polar surface area (TPSA) is 102 Å². The second-order valence-electron chi connectivity index (χ2n) is 7.74. The minimum Gasteiger partial charge on any atom is -0.355 e.